The minimum Gasteiger partial charge on any atom is -0.391 e. The average molecular weight is 604 g/mol. The van der Waals surface area contributed by atoms with E-state index in [9.17, 15) is 19.5 Å². The molecule has 0 radical (unpaired) electrons. The van der Waals surface area contributed by atoms with Gasteiger partial charge in [0.1, 0.15) is 6.61 Å². The number of halogens is 2. The van der Waals surface area contributed by atoms with E-state index < -0.39 is 30.0 Å². The number of aliphatic hydroxyl groups excluding tert-OH is 1. The Kier molecular flexibility index (Phi) is 8.72. The van der Waals surface area contributed by atoms with Crippen LogP contribution in [0.25, 0.3) is 0 Å². The number of hydrogen-bond acceptors (Lipinski definition) is 7. The van der Waals surface area contributed by atoms with Gasteiger partial charge in [0, 0.05) is 27.9 Å². The number of amides is 3. The number of aliphatic hydroxyl groups is 1. The molecule has 2 heterocycles. The number of nitrogens with zero attached hydrogens (tertiary/aromatic N) is 2. The molecule has 0 spiro atoms. The molecule has 1 fully saturated rings. The van der Waals surface area contributed by atoms with E-state index in [1.165, 1.54) is 18.3 Å². The second-order valence-electron chi connectivity index (χ2n) is 9.89. The van der Waals surface area contributed by atoms with Crippen LogP contribution in [0.2, 0.25) is 10.0 Å². The second-order valence-corrected chi connectivity index (χ2v) is 11.6. The Bertz CT molecular complexity index is 1430. The van der Waals surface area contributed by atoms with E-state index in [0.29, 0.717) is 50.4 Å². The molecular weight excluding hydrogens is 575 g/mol. The van der Waals surface area contributed by atoms with Gasteiger partial charge in [0.2, 0.25) is 5.91 Å². The van der Waals surface area contributed by atoms with Crippen LogP contribution in [0.3, 0.4) is 0 Å². The van der Waals surface area contributed by atoms with Crippen LogP contribution < -0.4 is 10.8 Å². The van der Waals surface area contributed by atoms with Crippen LogP contribution in [-0.2, 0) is 21.0 Å². The number of aromatic nitrogens is 1. The van der Waals surface area contributed by atoms with Gasteiger partial charge < -0.3 is 15.3 Å². The van der Waals surface area contributed by atoms with Gasteiger partial charge in [-0.25, -0.2) is 10.5 Å². The number of benzene rings is 2. The van der Waals surface area contributed by atoms with Gasteiger partial charge in [-0.05, 0) is 42.2 Å². The Labute approximate surface area is 245 Å². The first-order valence-corrected chi connectivity index (χ1v) is 14.6. The lowest BCUT2D eigenvalue weighted by atomic mass is 9.77. The summed E-state index contributed by atoms with van der Waals surface area (Å²) in [6, 6.07) is 10.6. The van der Waals surface area contributed by atoms with E-state index >= 15 is 0 Å². The van der Waals surface area contributed by atoms with Gasteiger partial charge >= 0.3 is 0 Å². The molecule has 2 aliphatic rings. The zero-order valence-corrected chi connectivity index (χ0v) is 23.9. The van der Waals surface area contributed by atoms with E-state index in [1.54, 1.807) is 52.7 Å². The van der Waals surface area contributed by atoms with Crippen LogP contribution in [0.4, 0.5) is 5.13 Å². The SMILES string of the molecule is CC(=O)Nc1nc(CONC(=O)[C@@H]2c3ccccc3C(=O)N([C@H]3CCCCC3O)[C@H]2c2ccc(Cl)cc2Cl)cs1. The summed E-state index contributed by atoms with van der Waals surface area (Å²) in [5, 5.41) is 16.5. The van der Waals surface area contributed by atoms with Gasteiger partial charge in [0.25, 0.3) is 11.8 Å². The van der Waals surface area contributed by atoms with Gasteiger partial charge in [0.05, 0.1) is 29.8 Å². The molecule has 0 bridgehead atoms. The molecule has 4 atom stereocenters. The smallest absolute Gasteiger partial charge is 0.255 e. The van der Waals surface area contributed by atoms with Crippen molar-refractivity contribution in [2.45, 2.75) is 63.3 Å². The third-order valence-electron chi connectivity index (χ3n) is 7.22. The van der Waals surface area contributed by atoms with Crippen molar-refractivity contribution < 1.29 is 24.3 Å². The Balaban J connectivity index is 1.50. The number of hydroxylamine groups is 1. The number of anilines is 1. The summed E-state index contributed by atoms with van der Waals surface area (Å²) in [7, 11) is 0. The van der Waals surface area contributed by atoms with E-state index in [2.05, 4.69) is 15.8 Å². The molecule has 0 saturated heterocycles. The van der Waals surface area contributed by atoms with Crippen molar-refractivity contribution in [1.29, 1.82) is 0 Å². The van der Waals surface area contributed by atoms with E-state index in [-0.39, 0.29) is 18.4 Å². The largest absolute Gasteiger partial charge is 0.391 e. The normalized spacial score (nSPS) is 22.5. The molecule has 210 valence electrons. The van der Waals surface area contributed by atoms with Crippen LogP contribution in [0, 0.1) is 0 Å². The molecule has 3 aromatic rings. The van der Waals surface area contributed by atoms with Gasteiger partial charge in [-0.3, -0.25) is 19.2 Å². The topological polar surface area (TPSA) is 121 Å². The number of hydrogen-bond donors (Lipinski definition) is 3. The fourth-order valence-electron chi connectivity index (χ4n) is 5.51. The second kappa shape index (κ2) is 12.2. The van der Waals surface area contributed by atoms with Crippen LogP contribution in [0.1, 0.15) is 71.7 Å². The predicted molar refractivity (Wildman–Crippen MR) is 152 cm³/mol. The molecule has 3 amide bonds. The fourth-order valence-corrected chi connectivity index (χ4v) is 6.77. The standard InChI is InChI=1S/C28H28Cl2N4O5S/c1-15(35)31-28-32-17(14-40-28)13-39-33-26(37)24-18-6-2-3-7-19(18)27(38)34(22-8-4-5-9-23(22)36)25(24)20-11-10-16(29)12-21(20)30/h2-3,6-7,10-12,14,22-25,36H,4-5,8-9,13H2,1H3,(H,33,37)(H,31,32,35)/t22-,23?,24+,25-/m0/s1. The quantitative estimate of drug-likeness (QED) is 0.318. The number of fused-ring (bicyclic) bond motifs is 1. The number of nitrogens with one attached hydrogen (secondary N) is 2. The zero-order chi connectivity index (χ0) is 28.4. The third-order valence-corrected chi connectivity index (χ3v) is 8.59. The van der Waals surface area contributed by atoms with Crippen molar-refractivity contribution in [3.05, 3.63) is 80.3 Å². The van der Waals surface area contributed by atoms with Crippen molar-refractivity contribution in [3.63, 3.8) is 0 Å². The number of thiazole rings is 1. The van der Waals surface area contributed by atoms with Gasteiger partial charge in [-0.15, -0.1) is 11.3 Å². The van der Waals surface area contributed by atoms with Crippen molar-refractivity contribution >= 4 is 57.4 Å². The minimum absolute atomic E-state index is 0.0352. The van der Waals surface area contributed by atoms with E-state index in [4.69, 9.17) is 28.0 Å². The molecule has 1 unspecified atom stereocenters. The van der Waals surface area contributed by atoms with Gasteiger partial charge in [0.15, 0.2) is 5.13 Å². The highest BCUT2D eigenvalue weighted by molar-refractivity contribution is 7.13. The number of carbonyl (C=O) groups excluding carboxylic acids is 3. The fraction of sp³-hybridized carbons (Fsp3) is 0.357. The molecule has 9 nitrogen and oxygen atoms in total. The highest BCUT2D eigenvalue weighted by atomic mass is 35.5. The monoisotopic (exact) mass is 602 g/mol. The molecule has 3 N–H and O–H groups in total. The van der Waals surface area contributed by atoms with Gasteiger partial charge in [-0.2, -0.15) is 0 Å². The zero-order valence-electron chi connectivity index (χ0n) is 21.6. The van der Waals surface area contributed by atoms with Crippen molar-refractivity contribution in [1.82, 2.24) is 15.4 Å². The molecule has 5 rings (SSSR count). The molecule has 12 heteroatoms. The Hall–Kier alpha value is -3.02. The Morgan fingerprint density at radius 2 is 1.93 bits per heavy atom. The third kappa shape index (κ3) is 5.87. The first kappa shape index (κ1) is 28.5. The number of rotatable bonds is 7. The van der Waals surface area contributed by atoms with Crippen LogP contribution in [0.5, 0.6) is 0 Å². The maximum atomic E-state index is 14.0. The summed E-state index contributed by atoms with van der Waals surface area (Å²) in [6.07, 6.45) is 2.13. The number of carbonyl (C=O) groups is 3. The van der Waals surface area contributed by atoms with Crippen LogP contribution in [-0.4, -0.2) is 44.9 Å². The Morgan fingerprint density at radius 1 is 1.15 bits per heavy atom. The summed E-state index contributed by atoms with van der Waals surface area (Å²) in [5.74, 6) is -1.88. The van der Waals surface area contributed by atoms with E-state index in [1.807, 2.05) is 0 Å². The summed E-state index contributed by atoms with van der Waals surface area (Å²) < 4.78 is 0. The molecule has 2 aromatic carbocycles. The minimum atomic E-state index is -0.896. The molecular formula is C28H28Cl2N4O5S. The lowest BCUT2D eigenvalue weighted by Gasteiger charge is -2.48. The Morgan fingerprint density at radius 3 is 2.67 bits per heavy atom. The maximum absolute atomic E-state index is 14.0. The summed E-state index contributed by atoms with van der Waals surface area (Å²) in [6.45, 7) is 1.36. The molecule has 1 saturated carbocycles. The lowest BCUT2D eigenvalue weighted by Crippen LogP contribution is -2.55. The summed E-state index contributed by atoms with van der Waals surface area (Å²) in [4.78, 5) is 50.7. The van der Waals surface area contributed by atoms with E-state index in [0.717, 1.165) is 12.8 Å². The molecule has 1 aliphatic heterocycles. The molecule has 1 aliphatic carbocycles. The van der Waals surface area contributed by atoms with Crippen molar-refractivity contribution in [3.8, 4) is 0 Å². The first-order chi connectivity index (χ1) is 19.2. The highest BCUT2D eigenvalue weighted by Gasteiger charge is 2.49. The van der Waals surface area contributed by atoms with Gasteiger partial charge in [-0.1, -0.05) is 60.3 Å². The van der Waals surface area contributed by atoms with Crippen LogP contribution in [0.15, 0.2) is 47.8 Å². The van der Waals surface area contributed by atoms with Crippen molar-refractivity contribution in [2.24, 2.45) is 0 Å². The summed E-state index contributed by atoms with van der Waals surface area (Å²) in [5.41, 5.74) is 4.54. The maximum Gasteiger partial charge on any atom is 0.255 e. The summed E-state index contributed by atoms with van der Waals surface area (Å²) >= 11 is 14.1. The average Bonchev–Trinajstić information content (AvgIpc) is 3.35. The predicted octanol–water partition coefficient (Wildman–Crippen LogP) is 5.24. The van der Waals surface area contributed by atoms with Crippen molar-refractivity contribution in [2.75, 3.05) is 5.32 Å². The highest BCUT2D eigenvalue weighted by Crippen LogP contribution is 2.47. The van der Waals surface area contributed by atoms with Crippen LogP contribution >= 0.6 is 34.5 Å². The molecule has 40 heavy (non-hydrogen) atoms. The first-order valence-electron chi connectivity index (χ1n) is 12.9. The molecule has 1 aromatic heterocycles. The lowest BCUT2D eigenvalue weighted by molar-refractivity contribution is -0.138.